The molecule has 1 saturated heterocycles. The Morgan fingerprint density at radius 1 is 1.45 bits per heavy atom. The van der Waals surface area contributed by atoms with Crippen molar-refractivity contribution in [2.24, 2.45) is 0 Å². The van der Waals surface area contributed by atoms with E-state index in [1.54, 1.807) is 24.2 Å². The van der Waals surface area contributed by atoms with Gasteiger partial charge in [0.1, 0.15) is 4.32 Å². The molecule has 1 aromatic rings. The number of halogens is 1. The molecule has 0 spiro atoms. The molecule has 1 fully saturated rings. The summed E-state index contributed by atoms with van der Waals surface area (Å²) in [6.07, 6.45) is 2.56. The molecule has 0 aromatic heterocycles. The molecule has 1 aliphatic rings. The number of benzene rings is 1. The molecule has 2 rings (SSSR count). The van der Waals surface area contributed by atoms with E-state index >= 15 is 0 Å². The van der Waals surface area contributed by atoms with E-state index in [2.05, 4.69) is 0 Å². The maximum atomic E-state index is 12.3. The number of thiocarbonyl (C=S) groups is 1. The highest BCUT2D eigenvalue weighted by molar-refractivity contribution is 8.26. The van der Waals surface area contributed by atoms with Crippen LogP contribution in [-0.2, 0) is 9.53 Å². The molecule has 0 atom stereocenters. The van der Waals surface area contributed by atoms with Crippen molar-refractivity contribution in [3.05, 3.63) is 39.8 Å². The van der Waals surface area contributed by atoms with Gasteiger partial charge < -0.3 is 4.74 Å². The Bertz CT molecular complexity index is 560. The maximum absolute atomic E-state index is 12.3. The lowest BCUT2D eigenvalue weighted by Crippen LogP contribution is -2.29. The standard InChI is InChI=1S/C14H14ClNO2S2/c1-18-8-4-7-16-13(17)12(20-14(16)19)9-10-5-2-3-6-11(10)15/h2-3,5-6,9H,4,7-8H2,1H3. The number of hydrogen-bond donors (Lipinski definition) is 0. The number of amides is 1. The number of carbonyl (C=O) groups is 1. The summed E-state index contributed by atoms with van der Waals surface area (Å²) in [5.74, 6) is -0.0592. The minimum Gasteiger partial charge on any atom is -0.385 e. The summed E-state index contributed by atoms with van der Waals surface area (Å²) < 4.78 is 5.58. The number of ether oxygens (including phenoxy) is 1. The monoisotopic (exact) mass is 327 g/mol. The van der Waals surface area contributed by atoms with Crippen molar-refractivity contribution in [1.29, 1.82) is 0 Å². The summed E-state index contributed by atoms with van der Waals surface area (Å²) in [4.78, 5) is 14.5. The largest absolute Gasteiger partial charge is 0.385 e. The molecule has 0 N–H and O–H groups in total. The van der Waals surface area contributed by atoms with Gasteiger partial charge in [0.05, 0.1) is 4.91 Å². The number of methoxy groups -OCH3 is 1. The number of rotatable bonds is 5. The fourth-order valence-corrected chi connectivity index (χ4v) is 3.28. The van der Waals surface area contributed by atoms with Gasteiger partial charge in [-0.25, -0.2) is 0 Å². The van der Waals surface area contributed by atoms with E-state index < -0.39 is 0 Å². The molecule has 20 heavy (non-hydrogen) atoms. The third kappa shape index (κ3) is 3.61. The predicted molar refractivity (Wildman–Crippen MR) is 87.8 cm³/mol. The zero-order valence-electron chi connectivity index (χ0n) is 11.0. The number of nitrogens with zero attached hydrogens (tertiary/aromatic N) is 1. The van der Waals surface area contributed by atoms with E-state index in [9.17, 15) is 4.79 Å². The van der Waals surface area contributed by atoms with E-state index in [0.29, 0.717) is 27.4 Å². The van der Waals surface area contributed by atoms with Crippen LogP contribution in [-0.4, -0.2) is 35.4 Å². The predicted octanol–water partition coefficient (Wildman–Crippen LogP) is 3.58. The average Bonchev–Trinajstić information content (AvgIpc) is 2.69. The first kappa shape index (κ1) is 15.5. The molecule has 1 aromatic carbocycles. The lowest BCUT2D eigenvalue weighted by atomic mass is 10.2. The van der Waals surface area contributed by atoms with Crippen LogP contribution in [0, 0.1) is 0 Å². The van der Waals surface area contributed by atoms with Crippen LogP contribution in [0.2, 0.25) is 5.02 Å². The van der Waals surface area contributed by atoms with Gasteiger partial charge in [0, 0.05) is 25.3 Å². The van der Waals surface area contributed by atoms with Crippen molar-refractivity contribution in [2.75, 3.05) is 20.3 Å². The minimum absolute atomic E-state index is 0.0592. The van der Waals surface area contributed by atoms with Gasteiger partial charge in [-0.05, 0) is 24.1 Å². The number of carbonyl (C=O) groups excluding carboxylic acids is 1. The first-order valence-corrected chi connectivity index (χ1v) is 7.72. The molecule has 106 valence electrons. The zero-order valence-corrected chi connectivity index (χ0v) is 13.4. The molecule has 3 nitrogen and oxygen atoms in total. The Morgan fingerprint density at radius 2 is 2.20 bits per heavy atom. The van der Waals surface area contributed by atoms with Crippen LogP contribution >= 0.6 is 35.6 Å². The van der Waals surface area contributed by atoms with Crippen LogP contribution in [0.3, 0.4) is 0 Å². The quantitative estimate of drug-likeness (QED) is 0.470. The molecule has 0 radical (unpaired) electrons. The second-order valence-corrected chi connectivity index (χ2v) is 6.28. The SMILES string of the molecule is COCCCN1C(=O)C(=Cc2ccccc2Cl)SC1=S. The summed E-state index contributed by atoms with van der Waals surface area (Å²) in [5.41, 5.74) is 0.826. The minimum atomic E-state index is -0.0592. The van der Waals surface area contributed by atoms with Crippen molar-refractivity contribution in [3.8, 4) is 0 Å². The fraction of sp³-hybridized carbons (Fsp3) is 0.286. The van der Waals surface area contributed by atoms with Crippen molar-refractivity contribution >= 4 is 51.9 Å². The Hall–Kier alpha value is -0.880. The molecular formula is C14H14ClNO2S2. The lowest BCUT2D eigenvalue weighted by Gasteiger charge is -2.13. The van der Waals surface area contributed by atoms with Crippen LogP contribution in [0.5, 0.6) is 0 Å². The van der Waals surface area contributed by atoms with E-state index in [0.717, 1.165) is 12.0 Å². The highest BCUT2D eigenvalue weighted by Gasteiger charge is 2.31. The molecule has 1 aliphatic heterocycles. The Balaban J connectivity index is 2.13. The van der Waals surface area contributed by atoms with Gasteiger partial charge >= 0.3 is 0 Å². The summed E-state index contributed by atoms with van der Waals surface area (Å²) in [6.45, 7) is 1.19. The number of hydrogen-bond acceptors (Lipinski definition) is 4. The van der Waals surface area contributed by atoms with Crippen LogP contribution in [0.1, 0.15) is 12.0 Å². The van der Waals surface area contributed by atoms with Crippen LogP contribution in [0.15, 0.2) is 29.2 Å². The zero-order chi connectivity index (χ0) is 14.5. The lowest BCUT2D eigenvalue weighted by molar-refractivity contribution is -0.122. The Labute approximate surface area is 132 Å². The fourth-order valence-electron chi connectivity index (χ4n) is 1.79. The van der Waals surface area contributed by atoms with E-state index in [1.165, 1.54) is 11.8 Å². The third-order valence-corrected chi connectivity index (χ3v) is 4.52. The number of thioether (sulfide) groups is 1. The molecular weight excluding hydrogens is 314 g/mol. The molecule has 1 heterocycles. The average molecular weight is 328 g/mol. The van der Waals surface area contributed by atoms with E-state index in [1.807, 2.05) is 18.2 Å². The normalized spacial score (nSPS) is 17.3. The summed E-state index contributed by atoms with van der Waals surface area (Å²) in [7, 11) is 1.64. The molecule has 1 amide bonds. The van der Waals surface area contributed by atoms with Crippen LogP contribution in [0.25, 0.3) is 6.08 Å². The first-order chi connectivity index (χ1) is 9.63. The second kappa shape index (κ2) is 7.22. The Morgan fingerprint density at radius 3 is 2.90 bits per heavy atom. The van der Waals surface area contributed by atoms with Gasteiger partial charge in [0.2, 0.25) is 0 Å². The Kier molecular flexibility index (Phi) is 5.60. The molecule has 6 heteroatoms. The van der Waals surface area contributed by atoms with Crippen molar-refractivity contribution < 1.29 is 9.53 Å². The van der Waals surface area contributed by atoms with Gasteiger partial charge in [-0.3, -0.25) is 9.69 Å². The van der Waals surface area contributed by atoms with Crippen molar-refractivity contribution in [1.82, 2.24) is 4.90 Å². The van der Waals surface area contributed by atoms with Gasteiger partial charge in [0.15, 0.2) is 0 Å². The maximum Gasteiger partial charge on any atom is 0.266 e. The molecule has 0 bridgehead atoms. The third-order valence-electron chi connectivity index (χ3n) is 2.80. The summed E-state index contributed by atoms with van der Waals surface area (Å²) in [5, 5.41) is 0.622. The summed E-state index contributed by atoms with van der Waals surface area (Å²) in [6, 6.07) is 7.42. The summed E-state index contributed by atoms with van der Waals surface area (Å²) >= 11 is 12.7. The molecule has 0 aliphatic carbocycles. The van der Waals surface area contributed by atoms with Crippen molar-refractivity contribution in [2.45, 2.75) is 6.42 Å². The molecule has 0 saturated carbocycles. The van der Waals surface area contributed by atoms with Gasteiger partial charge in [-0.2, -0.15) is 0 Å². The topological polar surface area (TPSA) is 29.5 Å². The highest BCUT2D eigenvalue weighted by atomic mass is 35.5. The van der Waals surface area contributed by atoms with Gasteiger partial charge in [-0.1, -0.05) is 53.8 Å². The first-order valence-electron chi connectivity index (χ1n) is 6.12. The highest BCUT2D eigenvalue weighted by Crippen LogP contribution is 2.33. The smallest absolute Gasteiger partial charge is 0.266 e. The van der Waals surface area contributed by atoms with Crippen LogP contribution in [0.4, 0.5) is 0 Å². The second-order valence-electron chi connectivity index (χ2n) is 4.20. The van der Waals surface area contributed by atoms with Gasteiger partial charge in [-0.15, -0.1) is 0 Å². The van der Waals surface area contributed by atoms with Crippen LogP contribution < -0.4 is 0 Å². The van der Waals surface area contributed by atoms with E-state index in [4.69, 9.17) is 28.6 Å². The van der Waals surface area contributed by atoms with E-state index in [-0.39, 0.29) is 5.91 Å². The molecule has 0 unspecified atom stereocenters. The van der Waals surface area contributed by atoms with Crippen molar-refractivity contribution in [3.63, 3.8) is 0 Å². The van der Waals surface area contributed by atoms with Gasteiger partial charge in [0.25, 0.3) is 5.91 Å².